The van der Waals surface area contributed by atoms with Gasteiger partial charge in [0.15, 0.2) is 0 Å². The molecule has 0 aliphatic carbocycles. The Morgan fingerprint density at radius 1 is 1.00 bits per heavy atom. The van der Waals surface area contributed by atoms with Gasteiger partial charge >= 0.3 is 0 Å². The van der Waals surface area contributed by atoms with Crippen LogP contribution in [0.25, 0.3) is 0 Å². The maximum Gasteiger partial charge on any atom is 0.131 e. The van der Waals surface area contributed by atoms with Crippen LogP contribution in [0.5, 0.6) is 0 Å². The Morgan fingerprint density at radius 3 is 2.00 bits per heavy atom. The predicted octanol–water partition coefficient (Wildman–Crippen LogP) is 4.70. The first-order valence-corrected chi connectivity index (χ1v) is 7.16. The van der Waals surface area contributed by atoms with Gasteiger partial charge in [-0.05, 0) is 35.1 Å². The average Bonchev–Trinajstić information content (AvgIpc) is 2.47. The molecule has 0 spiro atoms. The molecule has 0 fully saturated rings. The van der Waals surface area contributed by atoms with E-state index in [2.05, 4.69) is 20.8 Å². The molecule has 2 aromatic rings. The van der Waals surface area contributed by atoms with Crippen LogP contribution in [0.2, 0.25) is 0 Å². The van der Waals surface area contributed by atoms with Crippen LogP contribution in [0.4, 0.5) is 8.78 Å². The van der Waals surface area contributed by atoms with Crippen molar-refractivity contribution in [2.75, 3.05) is 0 Å². The van der Waals surface area contributed by atoms with Crippen LogP contribution < -0.4 is 5.73 Å². The van der Waals surface area contributed by atoms with Gasteiger partial charge in [-0.15, -0.1) is 0 Å². The molecular formula is C18H21F2N. The minimum absolute atomic E-state index is 0.0753. The van der Waals surface area contributed by atoms with E-state index >= 15 is 0 Å². The fraction of sp³-hybridized carbons (Fsp3) is 0.333. The highest BCUT2D eigenvalue weighted by Crippen LogP contribution is 2.29. The largest absolute Gasteiger partial charge is 0.320 e. The summed E-state index contributed by atoms with van der Waals surface area (Å²) >= 11 is 0. The molecule has 1 atom stereocenters. The van der Waals surface area contributed by atoms with Crippen molar-refractivity contribution in [3.05, 3.63) is 70.8 Å². The molecule has 0 radical (unpaired) electrons. The molecule has 0 saturated heterocycles. The number of benzene rings is 2. The van der Waals surface area contributed by atoms with E-state index < -0.39 is 17.7 Å². The van der Waals surface area contributed by atoms with Crippen molar-refractivity contribution in [2.45, 2.75) is 38.6 Å². The first-order valence-electron chi connectivity index (χ1n) is 7.16. The SMILES string of the molecule is CCC(C)(C)c1ccc(C(N)c2c(F)cccc2F)cc1. The van der Waals surface area contributed by atoms with Gasteiger partial charge in [0.2, 0.25) is 0 Å². The van der Waals surface area contributed by atoms with Crippen molar-refractivity contribution < 1.29 is 8.78 Å². The molecule has 21 heavy (non-hydrogen) atoms. The van der Waals surface area contributed by atoms with Crippen molar-refractivity contribution >= 4 is 0 Å². The molecule has 3 heteroatoms. The van der Waals surface area contributed by atoms with Gasteiger partial charge in [-0.25, -0.2) is 8.78 Å². The average molecular weight is 289 g/mol. The van der Waals surface area contributed by atoms with Crippen LogP contribution in [0.15, 0.2) is 42.5 Å². The number of rotatable bonds is 4. The van der Waals surface area contributed by atoms with Crippen LogP contribution >= 0.6 is 0 Å². The second-order valence-corrected chi connectivity index (χ2v) is 5.97. The Balaban J connectivity index is 2.35. The predicted molar refractivity (Wildman–Crippen MR) is 82.1 cm³/mol. The third kappa shape index (κ3) is 3.13. The first-order chi connectivity index (χ1) is 9.86. The van der Waals surface area contributed by atoms with Gasteiger partial charge in [-0.3, -0.25) is 0 Å². The van der Waals surface area contributed by atoms with Crippen molar-refractivity contribution in [3.8, 4) is 0 Å². The van der Waals surface area contributed by atoms with Crippen LogP contribution in [0.1, 0.15) is 49.9 Å². The molecule has 0 saturated carbocycles. The summed E-state index contributed by atoms with van der Waals surface area (Å²) in [5.41, 5.74) is 7.91. The third-order valence-electron chi connectivity index (χ3n) is 4.25. The highest BCUT2D eigenvalue weighted by Gasteiger charge is 2.21. The molecule has 2 aromatic carbocycles. The summed E-state index contributed by atoms with van der Waals surface area (Å²) in [4.78, 5) is 0. The van der Waals surface area contributed by atoms with E-state index in [1.165, 1.54) is 23.8 Å². The van der Waals surface area contributed by atoms with Gasteiger partial charge in [-0.1, -0.05) is 51.1 Å². The molecule has 0 heterocycles. The zero-order valence-electron chi connectivity index (χ0n) is 12.7. The van der Waals surface area contributed by atoms with Crippen molar-refractivity contribution in [1.82, 2.24) is 0 Å². The second kappa shape index (κ2) is 5.94. The van der Waals surface area contributed by atoms with E-state index in [9.17, 15) is 8.78 Å². The molecule has 1 nitrogen and oxygen atoms in total. The molecular weight excluding hydrogens is 268 g/mol. The number of halogens is 2. The topological polar surface area (TPSA) is 26.0 Å². The van der Waals surface area contributed by atoms with E-state index in [0.29, 0.717) is 5.56 Å². The summed E-state index contributed by atoms with van der Waals surface area (Å²) in [5.74, 6) is -1.22. The summed E-state index contributed by atoms with van der Waals surface area (Å²) in [5, 5.41) is 0. The molecule has 0 aromatic heterocycles. The van der Waals surface area contributed by atoms with Gasteiger partial charge in [0.1, 0.15) is 11.6 Å². The second-order valence-electron chi connectivity index (χ2n) is 5.97. The zero-order valence-corrected chi connectivity index (χ0v) is 12.7. The van der Waals surface area contributed by atoms with Crippen molar-refractivity contribution in [2.24, 2.45) is 5.73 Å². The maximum absolute atomic E-state index is 13.8. The molecule has 0 bridgehead atoms. The number of hydrogen-bond donors (Lipinski definition) is 1. The summed E-state index contributed by atoms with van der Waals surface area (Å²) < 4.78 is 27.6. The molecule has 0 aliphatic heterocycles. The van der Waals surface area contributed by atoms with Crippen molar-refractivity contribution in [1.29, 1.82) is 0 Å². The lowest BCUT2D eigenvalue weighted by Crippen LogP contribution is -2.18. The fourth-order valence-corrected chi connectivity index (χ4v) is 2.32. The molecule has 112 valence electrons. The number of nitrogens with two attached hydrogens (primary N) is 1. The first kappa shape index (κ1) is 15.6. The summed E-state index contributed by atoms with van der Waals surface area (Å²) in [6.07, 6.45) is 1.01. The summed E-state index contributed by atoms with van der Waals surface area (Å²) in [6.45, 7) is 6.46. The van der Waals surface area contributed by atoms with E-state index in [1.54, 1.807) is 0 Å². The zero-order chi connectivity index (χ0) is 15.6. The molecule has 1 unspecified atom stereocenters. The van der Waals surface area contributed by atoms with E-state index in [1.807, 2.05) is 24.3 Å². The summed E-state index contributed by atoms with van der Waals surface area (Å²) in [6, 6.07) is 10.7. The lowest BCUT2D eigenvalue weighted by Gasteiger charge is -2.24. The fourth-order valence-electron chi connectivity index (χ4n) is 2.32. The third-order valence-corrected chi connectivity index (χ3v) is 4.25. The van der Waals surface area contributed by atoms with E-state index in [0.717, 1.165) is 6.42 Å². The Labute approximate surface area is 124 Å². The monoisotopic (exact) mass is 289 g/mol. The Bertz CT molecular complexity index is 597. The highest BCUT2D eigenvalue weighted by molar-refractivity contribution is 5.36. The van der Waals surface area contributed by atoms with Crippen molar-refractivity contribution in [3.63, 3.8) is 0 Å². The molecule has 2 N–H and O–H groups in total. The van der Waals surface area contributed by atoms with Gasteiger partial charge < -0.3 is 5.73 Å². The van der Waals surface area contributed by atoms with Crippen LogP contribution in [0, 0.1) is 11.6 Å². The Hall–Kier alpha value is -1.74. The summed E-state index contributed by atoms with van der Waals surface area (Å²) in [7, 11) is 0. The van der Waals surface area contributed by atoms with Gasteiger partial charge in [-0.2, -0.15) is 0 Å². The van der Waals surface area contributed by atoms with Crippen LogP contribution in [-0.2, 0) is 5.41 Å². The number of hydrogen-bond acceptors (Lipinski definition) is 1. The molecule has 2 rings (SSSR count). The smallest absolute Gasteiger partial charge is 0.131 e. The van der Waals surface area contributed by atoms with E-state index in [4.69, 9.17) is 5.73 Å². The Morgan fingerprint density at radius 2 is 1.52 bits per heavy atom. The van der Waals surface area contributed by atoms with Gasteiger partial charge in [0, 0.05) is 5.56 Å². The molecule has 0 aliphatic rings. The van der Waals surface area contributed by atoms with Crippen LogP contribution in [0.3, 0.4) is 0 Å². The minimum atomic E-state index is -0.801. The Kier molecular flexibility index (Phi) is 4.43. The van der Waals surface area contributed by atoms with Gasteiger partial charge in [0.05, 0.1) is 6.04 Å². The normalized spacial score (nSPS) is 13.2. The van der Waals surface area contributed by atoms with E-state index in [-0.39, 0.29) is 11.0 Å². The lowest BCUT2D eigenvalue weighted by molar-refractivity contribution is 0.505. The maximum atomic E-state index is 13.8. The minimum Gasteiger partial charge on any atom is -0.320 e. The highest BCUT2D eigenvalue weighted by atomic mass is 19.1. The standard InChI is InChI=1S/C18H21F2N/c1-4-18(2,3)13-10-8-12(9-11-13)17(21)16-14(19)6-5-7-15(16)20/h5-11,17H,4,21H2,1-3H3. The van der Waals surface area contributed by atoms with Crippen LogP contribution in [-0.4, -0.2) is 0 Å². The van der Waals surface area contributed by atoms with Gasteiger partial charge in [0.25, 0.3) is 0 Å². The quantitative estimate of drug-likeness (QED) is 0.867. The lowest BCUT2D eigenvalue weighted by atomic mass is 9.81. The molecule has 0 amide bonds.